The monoisotopic (exact) mass is 237 g/mol. The van der Waals surface area contributed by atoms with E-state index >= 15 is 0 Å². The van der Waals surface area contributed by atoms with Crippen LogP contribution in [0.1, 0.15) is 5.56 Å². The third-order valence-corrected chi connectivity index (χ3v) is 2.83. The Morgan fingerprint density at radius 3 is 3.00 bits per heavy atom. The second kappa shape index (κ2) is 5.03. The van der Waals surface area contributed by atoms with E-state index in [4.69, 9.17) is 0 Å². The molecule has 4 nitrogen and oxygen atoms in total. The number of benzene rings is 1. The minimum Gasteiger partial charge on any atom is -0.383 e. The summed E-state index contributed by atoms with van der Waals surface area (Å²) in [6, 6.07) is 5.02. The molecular weight excluding hydrogens is 221 g/mol. The Hall–Kier alpha value is -1.78. The molecule has 1 aromatic rings. The summed E-state index contributed by atoms with van der Waals surface area (Å²) in [6.07, 6.45) is 0. The van der Waals surface area contributed by atoms with Crippen LogP contribution >= 0.6 is 0 Å². The van der Waals surface area contributed by atoms with Crippen LogP contribution in [-0.2, 0) is 0 Å². The molecule has 2 rings (SSSR count). The molecule has 92 valence electrons. The lowest BCUT2D eigenvalue weighted by Gasteiger charge is -2.15. The van der Waals surface area contributed by atoms with Crippen molar-refractivity contribution in [1.82, 2.24) is 10.2 Å². The van der Waals surface area contributed by atoms with E-state index in [2.05, 4.69) is 10.6 Å². The molecule has 1 saturated heterocycles. The van der Waals surface area contributed by atoms with E-state index in [0.717, 1.165) is 12.2 Å². The van der Waals surface area contributed by atoms with Crippen molar-refractivity contribution in [3.05, 3.63) is 29.6 Å². The number of halogens is 1. The molecule has 5 heteroatoms. The quantitative estimate of drug-likeness (QED) is 0.835. The van der Waals surface area contributed by atoms with Gasteiger partial charge in [0.05, 0.1) is 0 Å². The first kappa shape index (κ1) is 11.7. The third kappa shape index (κ3) is 2.87. The van der Waals surface area contributed by atoms with Gasteiger partial charge in [0.15, 0.2) is 0 Å². The van der Waals surface area contributed by atoms with Gasteiger partial charge in [0, 0.05) is 31.9 Å². The van der Waals surface area contributed by atoms with Gasteiger partial charge >= 0.3 is 6.03 Å². The number of amides is 2. The number of nitrogens with one attached hydrogen (secondary N) is 2. The SMILES string of the molecule is Cc1ccc(NCCN2CCNC2=O)cc1F. The molecule has 0 bridgehead atoms. The molecular formula is C12H16FN3O. The third-order valence-electron chi connectivity index (χ3n) is 2.83. The molecule has 1 aromatic carbocycles. The fourth-order valence-electron chi connectivity index (χ4n) is 1.76. The number of carbonyl (C=O) groups is 1. The van der Waals surface area contributed by atoms with E-state index < -0.39 is 0 Å². The molecule has 1 aliphatic heterocycles. The van der Waals surface area contributed by atoms with E-state index in [1.165, 1.54) is 6.07 Å². The van der Waals surface area contributed by atoms with Crippen LogP contribution in [0.25, 0.3) is 0 Å². The maximum absolute atomic E-state index is 13.3. The number of anilines is 1. The second-order valence-electron chi connectivity index (χ2n) is 4.11. The van der Waals surface area contributed by atoms with Crippen LogP contribution in [0.15, 0.2) is 18.2 Å². The number of rotatable bonds is 4. The molecule has 0 atom stereocenters. The molecule has 0 radical (unpaired) electrons. The Morgan fingerprint density at radius 1 is 1.53 bits per heavy atom. The maximum atomic E-state index is 13.3. The van der Waals surface area contributed by atoms with Crippen LogP contribution in [0, 0.1) is 12.7 Å². The molecule has 17 heavy (non-hydrogen) atoms. The fraction of sp³-hybridized carbons (Fsp3) is 0.417. The number of urea groups is 1. The zero-order chi connectivity index (χ0) is 12.3. The van der Waals surface area contributed by atoms with Gasteiger partial charge in [0.25, 0.3) is 0 Å². The average molecular weight is 237 g/mol. The highest BCUT2D eigenvalue weighted by molar-refractivity contribution is 5.76. The van der Waals surface area contributed by atoms with Gasteiger partial charge in [-0.15, -0.1) is 0 Å². The Balaban J connectivity index is 1.81. The zero-order valence-electron chi connectivity index (χ0n) is 9.79. The molecule has 0 aromatic heterocycles. The molecule has 2 N–H and O–H groups in total. The van der Waals surface area contributed by atoms with Gasteiger partial charge in [-0.1, -0.05) is 6.07 Å². The van der Waals surface area contributed by atoms with E-state index in [1.54, 1.807) is 17.9 Å². The Bertz CT molecular complexity index is 422. The molecule has 1 heterocycles. The summed E-state index contributed by atoms with van der Waals surface area (Å²) < 4.78 is 13.3. The first-order valence-electron chi connectivity index (χ1n) is 5.69. The highest BCUT2D eigenvalue weighted by atomic mass is 19.1. The normalized spacial score (nSPS) is 14.9. The van der Waals surface area contributed by atoms with E-state index in [-0.39, 0.29) is 11.8 Å². The zero-order valence-corrected chi connectivity index (χ0v) is 9.79. The first-order valence-corrected chi connectivity index (χ1v) is 5.69. The highest BCUT2D eigenvalue weighted by Gasteiger charge is 2.18. The van der Waals surface area contributed by atoms with Gasteiger partial charge in [0.1, 0.15) is 5.82 Å². The number of nitrogens with zero attached hydrogens (tertiary/aromatic N) is 1. The predicted molar refractivity (Wildman–Crippen MR) is 64.6 cm³/mol. The van der Waals surface area contributed by atoms with E-state index in [1.807, 2.05) is 6.07 Å². The van der Waals surface area contributed by atoms with Gasteiger partial charge in [-0.2, -0.15) is 0 Å². The first-order chi connectivity index (χ1) is 8.16. The van der Waals surface area contributed by atoms with Crippen molar-refractivity contribution in [1.29, 1.82) is 0 Å². The molecule has 1 fully saturated rings. The lowest BCUT2D eigenvalue weighted by atomic mass is 10.2. The molecule has 0 saturated carbocycles. The fourth-order valence-corrected chi connectivity index (χ4v) is 1.76. The number of hydrogen-bond acceptors (Lipinski definition) is 2. The van der Waals surface area contributed by atoms with Crippen LogP contribution in [0.4, 0.5) is 14.9 Å². The van der Waals surface area contributed by atoms with Crippen molar-refractivity contribution in [2.24, 2.45) is 0 Å². The Kier molecular flexibility index (Phi) is 3.46. The largest absolute Gasteiger partial charge is 0.383 e. The van der Waals surface area contributed by atoms with E-state index in [9.17, 15) is 9.18 Å². The van der Waals surface area contributed by atoms with Crippen LogP contribution in [0.5, 0.6) is 0 Å². The Morgan fingerprint density at radius 2 is 2.35 bits per heavy atom. The molecule has 0 unspecified atom stereocenters. The summed E-state index contributed by atoms with van der Waals surface area (Å²) in [4.78, 5) is 13.0. The van der Waals surface area contributed by atoms with Gasteiger partial charge < -0.3 is 15.5 Å². The van der Waals surface area contributed by atoms with Crippen molar-refractivity contribution in [2.75, 3.05) is 31.5 Å². The van der Waals surface area contributed by atoms with Crippen molar-refractivity contribution in [3.63, 3.8) is 0 Å². The molecule has 1 aliphatic rings. The van der Waals surface area contributed by atoms with Crippen LogP contribution in [0.3, 0.4) is 0 Å². The summed E-state index contributed by atoms with van der Waals surface area (Å²) in [7, 11) is 0. The lowest BCUT2D eigenvalue weighted by Crippen LogP contribution is -2.32. The van der Waals surface area contributed by atoms with E-state index in [0.29, 0.717) is 25.2 Å². The smallest absolute Gasteiger partial charge is 0.317 e. The average Bonchev–Trinajstić information content (AvgIpc) is 2.70. The van der Waals surface area contributed by atoms with Crippen molar-refractivity contribution >= 4 is 11.7 Å². The number of carbonyl (C=O) groups excluding carboxylic acids is 1. The molecule has 0 aliphatic carbocycles. The van der Waals surface area contributed by atoms with Crippen LogP contribution in [0.2, 0.25) is 0 Å². The minimum absolute atomic E-state index is 0.0260. The standard InChI is InChI=1S/C12H16FN3O/c1-9-2-3-10(8-11(9)13)14-4-6-16-7-5-15-12(16)17/h2-3,8,14H,4-7H2,1H3,(H,15,17). The van der Waals surface area contributed by atoms with Crippen molar-refractivity contribution in [3.8, 4) is 0 Å². The van der Waals surface area contributed by atoms with Gasteiger partial charge in [-0.3, -0.25) is 0 Å². The van der Waals surface area contributed by atoms with Crippen molar-refractivity contribution < 1.29 is 9.18 Å². The highest BCUT2D eigenvalue weighted by Crippen LogP contribution is 2.13. The second-order valence-corrected chi connectivity index (χ2v) is 4.11. The number of hydrogen-bond donors (Lipinski definition) is 2. The van der Waals surface area contributed by atoms with Crippen molar-refractivity contribution in [2.45, 2.75) is 6.92 Å². The topological polar surface area (TPSA) is 44.4 Å². The predicted octanol–water partition coefficient (Wildman–Crippen LogP) is 1.57. The summed E-state index contributed by atoms with van der Waals surface area (Å²) in [5.41, 5.74) is 1.38. The van der Waals surface area contributed by atoms with Crippen LogP contribution < -0.4 is 10.6 Å². The summed E-state index contributed by atoms with van der Waals surface area (Å²) in [5, 5.41) is 5.83. The van der Waals surface area contributed by atoms with Gasteiger partial charge in [-0.25, -0.2) is 9.18 Å². The maximum Gasteiger partial charge on any atom is 0.317 e. The van der Waals surface area contributed by atoms with Crippen LogP contribution in [-0.4, -0.2) is 37.1 Å². The molecule has 2 amide bonds. The molecule has 0 spiro atoms. The number of aryl methyl sites for hydroxylation is 1. The lowest BCUT2D eigenvalue weighted by molar-refractivity contribution is 0.219. The van der Waals surface area contributed by atoms with Gasteiger partial charge in [-0.05, 0) is 24.6 Å². The Labute approximate surface area is 99.8 Å². The minimum atomic E-state index is -0.214. The summed E-state index contributed by atoms with van der Waals surface area (Å²) in [5.74, 6) is -0.214. The summed E-state index contributed by atoms with van der Waals surface area (Å²) in [6.45, 7) is 4.42. The van der Waals surface area contributed by atoms with Gasteiger partial charge in [0.2, 0.25) is 0 Å². The summed E-state index contributed by atoms with van der Waals surface area (Å²) >= 11 is 0.